The molecule has 0 fully saturated rings. The highest BCUT2D eigenvalue weighted by Crippen LogP contribution is 2.19. The van der Waals surface area contributed by atoms with Crippen LogP contribution < -0.4 is 15.6 Å². The van der Waals surface area contributed by atoms with Gasteiger partial charge in [0.2, 0.25) is 0 Å². The second kappa shape index (κ2) is 7.40. The van der Waals surface area contributed by atoms with Crippen LogP contribution in [0.25, 0.3) is 10.9 Å². The van der Waals surface area contributed by atoms with Crippen LogP contribution in [0.15, 0.2) is 53.3 Å². The van der Waals surface area contributed by atoms with Gasteiger partial charge in [-0.2, -0.15) is 0 Å². The standard InChI is InChI=1S/C19H17ClN2O3/c1-25-14-6-7-17-13(11-14)10-12(18(23)22-17)8-9-21-19(24)15-4-2-3-5-16(15)20/h2-7,10-11H,8-9H2,1H3,(H,21,24)(H,22,23). The molecule has 0 bridgehead atoms. The number of carbonyl (C=O) groups is 1. The topological polar surface area (TPSA) is 71.2 Å². The molecule has 6 heteroatoms. The first kappa shape index (κ1) is 17.0. The van der Waals surface area contributed by atoms with Gasteiger partial charge in [-0.25, -0.2) is 0 Å². The number of hydrogen-bond donors (Lipinski definition) is 2. The summed E-state index contributed by atoms with van der Waals surface area (Å²) in [5.41, 5.74) is 1.60. The zero-order valence-corrected chi connectivity index (χ0v) is 14.4. The van der Waals surface area contributed by atoms with Crippen molar-refractivity contribution in [3.8, 4) is 5.75 Å². The predicted octanol–water partition coefficient (Wildman–Crippen LogP) is 3.16. The first-order valence-electron chi connectivity index (χ1n) is 7.81. The van der Waals surface area contributed by atoms with E-state index in [1.807, 2.05) is 12.1 Å². The molecule has 0 unspecified atom stereocenters. The molecule has 0 spiro atoms. The fourth-order valence-corrected chi connectivity index (χ4v) is 2.82. The molecule has 0 aliphatic rings. The Morgan fingerprint density at radius 2 is 2.00 bits per heavy atom. The van der Waals surface area contributed by atoms with Crippen molar-refractivity contribution in [2.45, 2.75) is 6.42 Å². The molecule has 25 heavy (non-hydrogen) atoms. The van der Waals surface area contributed by atoms with Crippen molar-refractivity contribution in [3.63, 3.8) is 0 Å². The average Bonchev–Trinajstić information content (AvgIpc) is 2.62. The van der Waals surface area contributed by atoms with E-state index in [4.69, 9.17) is 16.3 Å². The van der Waals surface area contributed by atoms with Crippen LogP contribution in [-0.4, -0.2) is 24.5 Å². The van der Waals surface area contributed by atoms with Crippen LogP contribution in [0.1, 0.15) is 15.9 Å². The minimum Gasteiger partial charge on any atom is -0.497 e. The van der Waals surface area contributed by atoms with Gasteiger partial charge in [0.15, 0.2) is 0 Å². The van der Waals surface area contributed by atoms with Crippen molar-refractivity contribution >= 4 is 28.4 Å². The fourth-order valence-electron chi connectivity index (χ4n) is 2.59. The summed E-state index contributed by atoms with van der Waals surface area (Å²) >= 11 is 6.01. The Hall–Kier alpha value is -2.79. The molecule has 3 rings (SSSR count). The first-order chi connectivity index (χ1) is 12.1. The Morgan fingerprint density at radius 1 is 1.20 bits per heavy atom. The summed E-state index contributed by atoms with van der Waals surface area (Å²) in [4.78, 5) is 27.1. The maximum absolute atomic E-state index is 12.2. The Bertz CT molecular complexity index is 982. The number of rotatable bonds is 5. The summed E-state index contributed by atoms with van der Waals surface area (Å²) in [5, 5.41) is 4.06. The van der Waals surface area contributed by atoms with Crippen LogP contribution in [0.4, 0.5) is 0 Å². The largest absolute Gasteiger partial charge is 0.497 e. The summed E-state index contributed by atoms with van der Waals surface area (Å²) in [7, 11) is 1.60. The minimum absolute atomic E-state index is 0.162. The molecule has 0 radical (unpaired) electrons. The van der Waals surface area contributed by atoms with Gasteiger partial charge in [0, 0.05) is 23.0 Å². The number of pyridine rings is 1. The van der Waals surface area contributed by atoms with Crippen molar-refractivity contribution in [2.75, 3.05) is 13.7 Å². The highest BCUT2D eigenvalue weighted by atomic mass is 35.5. The molecule has 1 aromatic heterocycles. The molecule has 0 atom stereocenters. The van der Waals surface area contributed by atoms with E-state index in [1.165, 1.54) is 0 Å². The molecule has 0 saturated heterocycles. The molecule has 1 amide bonds. The van der Waals surface area contributed by atoms with Crippen LogP contribution in [0.3, 0.4) is 0 Å². The molecule has 128 valence electrons. The summed E-state index contributed by atoms with van der Waals surface area (Å²) in [6, 6.07) is 14.1. The molecule has 0 aliphatic carbocycles. The number of amides is 1. The molecule has 1 heterocycles. The number of ether oxygens (including phenoxy) is 1. The lowest BCUT2D eigenvalue weighted by Gasteiger charge is -2.08. The number of hydrogen-bond acceptors (Lipinski definition) is 3. The zero-order chi connectivity index (χ0) is 17.8. The number of methoxy groups -OCH3 is 1. The van der Waals surface area contributed by atoms with Crippen LogP contribution in [0.2, 0.25) is 5.02 Å². The summed E-state index contributed by atoms with van der Waals surface area (Å²) in [6.07, 6.45) is 0.415. The van der Waals surface area contributed by atoms with Gasteiger partial charge in [0.25, 0.3) is 11.5 Å². The third-order valence-electron chi connectivity index (χ3n) is 3.93. The Balaban J connectivity index is 1.72. The monoisotopic (exact) mass is 356 g/mol. The third-order valence-corrected chi connectivity index (χ3v) is 4.26. The number of benzene rings is 2. The van der Waals surface area contributed by atoms with E-state index in [-0.39, 0.29) is 11.5 Å². The van der Waals surface area contributed by atoms with Gasteiger partial charge < -0.3 is 15.0 Å². The van der Waals surface area contributed by atoms with E-state index < -0.39 is 0 Å². The average molecular weight is 357 g/mol. The van der Waals surface area contributed by atoms with Crippen LogP contribution >= 0.6 is 11.6 Å². The second-order valence-electron chi connectivity index (χ2n) is 5.56. The number of nitrogens with one attached hydrogen (secondary N) is 2. The molecule has 5 nitrogen and oxygen atoms in total. The molecule has 0 saturated carbocycles. The minimum atomic E-state index is -0.260. The number of fused-ring (bicyclic) bond motifs is 1. The van der Waals surface area contributed by atoms with Crippen LogP contribution in [0.5, 0.6) is 5.75 Å². The predicted molar refractivity (Wildman–Crippen MR) is 98.6 cm³/mol. The maximum Gasteiger partial charge on any atom is 0.252 e. The fraction of sp³-hybridized carbons (Fsp3) is 0.158. The van der Waals surface area contributed by atoms with E-state index in [0.717, 1.165) is 16.7 Å². The van der Waals surface area contributed by atoms with Crippen molar-refractivity contribution in [1.82, 2.24) is 10.3 Å². The SMILES string of the molecule is COc1ccc2[nH]c(=O)c(CCNC(=O)c3ccccc3Cl)cc2c1. The van der Waals surface area contributed by atoms with Gasteiger partial charge in [0.05, 0.1) is 17.7 Å². The first-order valence-corrected chi connectivity index (χ1v) is 8.19. The molecule has 2 aromatic carbocycles. The van der Waals surface area contributed by atoms with Crippen LogP contribution in [-0.2, 0) is 6.42 Å². The van der Waals surface area contributed by atoms with E-state index in [1.54, 1.807) is 43.5 Å². The van der Waals surface area contributed by atoms with Gasteiger partial charge in [-0.3, -0.25) is 9.59 Å². The van der Waals surface area contributed by atoms with Gasteiger partial charge in [-0.15, -0.1) is 0 Å². The summed E-state index contributed by atoms with van der Waals surface area (Å²) in [5.74, 6) is 0.460. The Kier molecular flexibility index (Phi) is 5.05. The Labute approximate surface area is 149 Å². The maximum atomic E-state index is 12.2. The smallest absolute Gasteiger partial charge is 0.252 e. The van der Waals surface area contributed by atoms with E-state index >= 15 is 0 Å². The quantitative estimate of drug-likeness (QED) is 0.737. The lowest BCUT2D eigenvalue weighted by atomic mass is 10.1. The Morgan fingerprint density at radius 3 is 2.76 bits per heavy atom. The zero-order valence-electron chi connectivity index (χ0n) is 13.6. The van der Waals surface area contributed by atoms with Crippen molar-refractivity contribution in [1.29, 1.82) is 0 Å². The van der Waals surface area contributed by atoms with Gasteiger partial charge >= 0.3 is 0 Å². The van der Waals surface area contributed by atoms with Crippen molar-refractivity contribution in [2.24, 2.45) is 0 Å². The molecular formula is C19H17ClN2O3. The van der Waals surface area contributed by atoms with Gasteiger partial charge in [-0.05, 0) is 42.8 Å². The lowest BCUT2D eigenvalue weighted by Crippen LogP contribution is -2.27. The number of H-pyrrole nitrogens is 1. The third kappa shape index (κ3) is 3.83. The summed E-state index contributed by atoms with van der Waals surface area (Å²) in [6.45, 7) is 0.336. The number of aromatic amines is 1. The second-order valence-corrected chi connectivity index (χ2v) is 5.97. The van der Waals surface area contributed by atoms with Crippen molar-refractivity contribution < 1.29 is 9.53 Å². The molecule has 2 N–H and O–H groups in total. The van der Waals surface area contributed by atoms with Gasteiger partial charge in [-0.1, -0.05) is 23.7 Å². The molecular weight excluding hydrogens is 340 g/mol. The van der Waals surface area contributed by atoms with Crippen molar-refractivity contribution in [3.05, 3.63) is 75.0 Å². The van der Waals surface area contributed by atoms with Crippen LogP contribution in [0, 0.1) is 0 Å². The van der Waals surface area contributed by atoms with E-state index in [2.05, 4.69) is 10.3 Å². The lowest BCUT2D eigenvalue weighted by molar-refractivity contribution is 0.0954. The van der Waals surface area contributed by atoms with E-state index in [9.17, 15) is 9.59 Å². The highest BCUT2D eigenvalue weighted by molar-refractivity contribution is 6.33. The highest BCUT2D eigenvalue weighted by Gasteiger charge is 2.10. The summed E-state index contributed by atoms with van der Waals surface area (Å²) < 4.78 is 5.20. The van der Waals surface area contributed by atoms with E-state index in [0.29, 0.717) is 29.1 Å². The molecule has 3 aromatic rings. The number of halogens is 1. The van der Waals surface area contributed by atoms with Gasteiger partial charge in [0.1, 0.15) is 5.75 Å². The number of aromatic nitrogens is 1. The normalized spacial score (nSPS) is 10.6. The number of carbonyl (C=O) groups excluding carboxylic acids is 1. The molecule has 0 aliphatic heterocycles.